The van der Waals surface area contributed by atoms with Crippen molar-refractivity contribution in [2.75, 3.05) is 6.54 Å². The second-order valence-corrected chi connectivity index (χ2v) is 7.16. The molecule has 0 saturated heterocycles. The molecule has 0 saturated carbocycles. The number of phenolic OH excluding ortho intramolecular Hbond substituents is 1. The van der Waals surface area contributed by atoms with E-state index in [2.05, 4.69) is 10.3 Å². The number of amides is 1. The summed E-state index contributed by atoms with van der Waals surface area (Å²) in [5, 5.41) is 12.8. The van der Waals surface area contributed by atoms with Crippen molar-refractivity contribution in [2.24, 2.45) is 0 Å². The summed E-state index contributed by atoms with van der Waals surface area (Å²) in [5.74, 6) is 0.547. The number of aromatic nitrogens is 1. The third-order valence-corrected chi connectivity index (χ3v) is 5.95. The van der Waals surface area contributed by atoms with Gasteiger partial charge in [-0.25, -0.2) is 0 Å². The molecule has 0 fully saturated rings. The maximum atomic E-state index is 12.4. The Balaban J connectivity index is 0.00000169. The van der Waals surface area contributed by atoms with Crippen LogP contribution in [-0.2, 0) is 4.79 Å². The molecule has 0 aliphatic carbocycles. The van der Waals surface area contributed by atoms with Crippen molar-refractivity contribution in [1.29, 1.82) is 0 Å². The molecule has 2 unspecified atom stereocenters. The smallest absolute Gasteiger partial charge is 0.670 e. The Morgan fingerprint density at radius 3 is 2.67 bits per heavy atom. The van der Waals surface area contributed by atoms with Crippen LogP contribution in [0.25, 0.3) is 0 Å². The minimum Gasteiger partial charge on any atom is -0.670 e. The number of allylic oxidation sites excluding steroid dienone is 1. The van der Waals surface area contributed by atoms with Gasteiger partial charge in [-0.2, -0.15) is 12.4 Å². The summed E-state index contributed by atoms with van der Waals surface area (Å²) in [6.07, 6.45) is 5.46. The fraction of sp³-hybridized carbons (Fsp3) is 0.278. The first-order valence-corrected chi connectivity index (χ1v) is 8.64. The van der Waals surface area contributed by atoms with Crippen molar-refractivity contribution in [1.82, 2.24) is 10.3 Å². The quantitative estimate of drug-likeness (QED) is 0.742. The second-order valence-electron chi connectivity index (χ2n) is 5.95. The van der Waals surface area contributed by atoms with Crippen LogP contribution in [-0.4, -0.2) is 17.6 Å². The van der Waals surface area contributed by atoms with Gasteiger partial charge in [-0.15, -0.1) is 11.8 Å². The number of thioether (sulfide) groups is 1. The number of rotatable bonds is 2. The predicted octanol–water partition coefficient (Wildman–Crippen LogP) is 0.0892. The van der Waals surface area contributed by atoms with Gasteiger partial charge >= 0.3 is 51.4 Å². The van der Waals surface area contributed by atoms with E-state index in [0.717, 1.165) is 23.3 Å². The van der Waals surface area contributed by atoms with Gasteiger partial charge in [-0.3, -0.25) is 4.79 Å². The van der Waals surface area contributed by atoms with Crippen molar-refractivity contribution < 1.29 is 61.3 Å². The van der Waals surface area contributed by atoms with Crippen LogP contribution in [0.2, 0.25) is 0 Å². The molecule has 2 aliphatic heterocycles. The van der Waals surface area contributed by atoms with Gasteiger partial charge in [0.05, 0.1) is 4.91 Å². The molecule has 6 heteroatoms. The topological polar surface area (TPSA) is 63.4 Å². The van der Waals surface area contributed by atoms with E-state index in [1.807, 2.05) is 24.4 Å². The van der Waals surface area contributed by atoms with Crippen LogP contribution in [0.3, 0.4) is 0 Å². The number of nitrogens with one attached hydrogen (secondary N) is 1. The molecule has 24 heavy (non-hydrogen) atoms. The first kappa shape index (κ1) is 18.3. The van der Waals surface area contributed by atoms with Crippen molar-refractivity contribution in [3.8, 4) is 5.75 Å². The Kier molecular flexibility index (Phi) is 5.95. The summed E-state index contributed by atoms with van der Waals surface area (Å²) >= 11 is 1.65. The van der Waals surface area contributed by atoms with E-state index in [0.29, 0.717) is 6.54 Å². The first-order valence-electron chi connectivity index (χ1n) is 7.76. The van der Waals surface area contributed by atoms with Crippen LogP contribution in [0.1, 0.15) is 35.1 Å². The number of hydrogen-bond acceptors (Lipinski definition) is 3. The van der Waals surface area contributed by atoms with Gasteiger partial charge in [-0.1, -0.05) is 23.8 Å². The van der Waals surface area contributed by atoms with Crippen molar-refractivity contribution in [3.63, 3.8) is 0 Å². The minimum absolute atomic E-state index is 0. The average Bonchev–Trinajstić information content (AvgIpc) is 3.19. The molecular weight excluding hydrogens is 347 g/mol. The Morgan fingerprint density at radius 1 is 1.17 bits per heavy atom. The summed E-state index contributed by atoms with van der Waals surface area (Å²) in [5.41, 5.74) is 3.57. The molecule has 1 aromatic heterocycles. The van der Waals surface area contributed by atoms with E-state index in [9.17, 15) is 9.90 Å². The maximum absolute atomic E-state index is 12.4. The predicted molar refractivity (Wildman–Crippen MR) is 90.2 cm³/mol. The van der Waals surface area contributed by atoms with Crippen molar-refractivity contribution in [3.05, 3.63) is 64.3 Å². The van der Waals surface area contributed by atoms with Crippen molar-refractivity contribution >= 4 is 17.7 Å². The van der Waals surface area contributed by atoms with E-state index < -0.39 is 0 Å². The van der Waals surface area contributed by atoms with Crippen LogP contribution in [0.4, 0.5) is 0 Å². The standard InChI is InChI=1S/C18H17N2O2S.K/c21-13-3-1-11(2-4-13)14-6-8-20-18(22)17-15(14)9-16(23-17)12-5-7-19-10-12;/h1-5,7,10,14,16,21H,6,8-9H2,(H,20,22);/q-1;+1. The van der Waals surface area contributed by atoms with E-state index in [1.165, 1.54) is 11.1 Å². The van der Waals surface area contributed by atoms with Gasteiger partial charge in [-0.05, 0) is 36.1 Å². The van der Waals surface area contributed by atoms with Crippen LogP contribution in [0, 0.1) is 0 Å². The van der Waals surface area contributed by atoms with Crippen LogP contribution in [0.5, 0.6) is 5.75 Å². The monoisotopic (exact) mass is 364 g/mol. The SMILES string of the molecule is O=C1NCCC(c2ccc(O)cc2)C2=C1SC(c1cc[n-]c1)C2.[K+]. The fourth-order valence-electron chi connectivity index (χ4n) is 3.39. The molecule has 1 aromatic carbocycles. The van der Waals surface area contributed by atoms with Gasteiger partial charge in [0.25, 0.3) is 5.91 Å². The van der Waals surface area contributed by atoms with Crippen LogP contribution >= 0.6 is 11.8 Å². The molecular formula is C18H17KN2O2S. The zero-order chi connectivity index (χ0) is 15.8. The van der Waals surface area contributed by atoms with E-state index in [1.54, 1.807) is 30.1 Å². The number of benzene rings is 1. The molecule has 4 rings (SSSR count). The van der Waals surface area contributed by atoms with Gasteiger partial charge in [0.2, 0.25) is 0 Å². The third kappa shape index (κ3) is 3.54. The summed E-state index contributed by atoms with van der Waals surface area (Å²) in [4.78, 5) is 17.4. The summed E-state index contributed by atoms with van der Waals surface area (Å²) < 4.78 is 0. The summed E-state index contributed by atoms with van der Waals surface area (Å²) in [6, 6.07) is 9.38. The number of carbonyl (C=O) groups is 1. The third-order valence-electron chi connectivity index (χ3n) is 4.55. The molecule has 2 aliphatic rings. The molecule has 118 valence electrons. The molecule has 2 aromatic rings. The number of phenols is 1. The molecule has 2 N–H and O–H groups in total. The van der Waals surface area contributed by atoms with E-state index >= 15 is 0 Å². The summed E-state index contributed by atoms with van der Waals surface area (Å²) in [6.45, 7) is 0.681. The van der Waals surface area contributed by atoms with E-state index in [4.69, 9.17) is 0 Å². The Morgan fingerprint density at radius 2 is 1.96 bits per heavy atom. The molecule has 0 radical (unpaired) electrons. The molecule has 2 atom stereocenters. The number of hydrogen-bond donors (Lipinski definition) is 2. The van der Waals surface area contributed by atoms with E-state index in [-0.39, 0.29) is 74.2 Å². The maximum Gasteiger partial charge on any atom is 1.00 e. The molecule has 1 amide bonds. The summed E-state index contributed by atoms with van der Waals surface area (Å²) in [7, 11) is 0. The van der Waals surface area contributed by atoms with Crippen molar-refractivity contribution in [2.45, 2.75) is 24.0 Å². The molecule has 0 bridgehead atoms. The van der Waals surface area contributed by atoms with Crippen LogP contribution < -0.4 is 61.7 Å². The normalized spacial score (nSPS) is 23.2. The Bertz CT molecular complexity index is 756. The second kappa shape index (κ2) is 7.80. The fourth-order valence-corrected chi connectivity index (χ4v) is 4.77. The van der Waals surface area contributed by atoms with Gasteiger partial charge in [0.15, 0.2) is 0 Å². The van der Waals surface area contributed by atoms with Gasteiger partial charge in [0.1, 0.15) is 5.75 Å². The number of aromatic hydroxyl groups is 1. The Labute approximate surface area is 187 Å². The molecule has 3 heterocycles. The largest absolute Gasteiger partial charge is 1.00 e. The zero-order valence-electron chi connectivity index (χ0n) is 13.5. The number of nitrogens with zero attached hydrogens (tertiary/aromatic N) is 1. The average molecular weight is 365 g/mol. The zero-order valence-corrected chi connectivity index (χ0v) is 17.5. The molecule has 0 spiro atoms. The van der Waals surface area contributed by atoms with Gasteiger partial charge < -0.3 is 15.4 Å². The molecule has 4 nitrogen and oxygen atoms in total. The number of carbonyl (C=O) groups excluding carboxylic acids is 1. The Hall–Kier alpha value is -0.504. The van der Waals surface area contributed by atoms with Crippen LogP contribution in [0.15, 0.2) is 53.2 Å². The first-order chi connectivity index (χ1) is 11.2. The minimum atomic E-state index is 0. The van der Waals surface area contributed by atoms with Gasteiger partial charge in [0, 0.05) is 17.7 Å².